The van der Waals surface area contributed by atoms with Crippen molar-refractivity contribution in [2.75, 3.05) is 6.61 Å². The van der Waals surface area contributed by atoms with Gasteiger partial charge in [-0.1, -0.05) is 6.42 Å². The second-order valence-electron chi connectivity index (χ2n) is 1.67. The summed E-state index contributed by atoms with van der Waals surface area (Å²) in [6.07, 6.45) is 2.75. The monoisotopic (exact) mass is 119 g/mol. The van der Waals surface area contributed by atoms with Crippen LogP contribution in [-0.4, -0.2) is 16.4 Å². The van der Waals surface area contributed by atoms with Crippen LogP contribution < -0.4 is 6.15 Å². The summed E-state index contributed by atoms with van der Waals surface area (Å²) in [5.74, 6) is 0. The molecule has 0 aromatic heterocycles. The predicted molar refractivity (Wildman–Crippen MR) is 33.6 cm³/mol. The van der Waals surface area contributed by atoms with Crippen LogP contribution in [0.5, 0.6) is 0 Å². The molecule has 0 spiro atoms. The maximum absolute atomic E-state index is 5.21. The van der Waals surface area contributed by atoms with Crippen LogP contribution in [0, 0.1) is 0 Å². The molecule has 1 heterocycles. The van der Waals surface area contributed by atoms with E-state index < -0.39 is 0 Å². The van der Waals surface area contributed by atoms with E-state index in [-0.39, 0.29) is 15.9 Å². The lowest BCUT2D eigenvalue weighted by molar-refractivity contribution is 0.304. The van der Waals surface area contributed by atoms with Crippen LogP contribution in [0.2, 0.25) is 6.04 Å². The van der Waals surface area contributed by atoms with Crippen molar-refractivity contribution in [2.24, 2.45) is 0 Å². The van der Waals surface area contributed by atoms with Gasteiger partial charge in [0, 0.05) is 6.61 Å². The fourth-order valence-electron chi connectivity index (χ4n) is 0.687. The van der Waals surface area contributed by atoms with Crippen molar-refractivity contribution in [1.29, 1.82) is 0 Å². The maximum atomic E-state index is 5.21. The topological polar surface area (TPSA) is 44.2 Å². The Hall–Kier alpha value is 0.137. The van der Waals surface area contributed by atoms with E-state index in [9.17, 15) is 0 Å². The van der Waals surface area contributed by atoms with E-state index in [2.05, 4.69) is 0 Å². The van der Waals surface area contributed by atoms with E-state index in [1.165, 1.54) is 18.9 Å². The second-order valence-corrected chi connectivity index (χ2v) is 3.20. The summed E-state index contributed by atoms with van der Waals surface area (Å²) in [6, 6.07) is 1.42. The van der Waals surface area contributed by atoms with Gasteiger partial charge in [0.2, 0.25) is 0 Å². The molecular formula is C4H13NOSi. The molecule has 1 saturated heterocycles. The molecule has 3 N–H and O–H groups in total. The van der Waals surface area contributed by atoms with E-state index in [1.807, 2.05) is 0 Å². The van der Waals surface area contributed by atoms with Gasteiger partial charge in [-0.25, -0.2) is 0 Å². The van der Waals surface area contributed by atoms with Crippen LogP contribution >= 0.6 is 0 Å². The van der Waals surface area contributed by atoms with E-state index >= 15 is 0 Å². The maximum Gasteiger partial charge on any atom is 0.161 e. The average molecular weight is 119 g/mol. The van der Waals surface area contributed by atoms with Crippen LogP contribution in [0.15, 0.2) is 0 Å². The fraction of sp³-hybridized carbons (Fsp3) is 1.00. The van der Waals surface area contributed by atoms with Crippen molar-refractivity contribution in [3.05, 3.63) is 0 Å². The van der Waals surface area contributed by atoms with E-state index in [0.717, 1.165) is 6.61 Å². The highest BCUT2D eigenvalue weighted by Gasteiger charge is 1.96. The largest absolute Gasteiger partial charge is 0.424 e. The Kier molecular flexibility index (Phi) is 4.38. The highest BCUT2D eigenvalue weighted by atomic mass is 28.2. The minimum absolute atomic E-state index is 0. The number of rotatable bonds is 0. The molecule has 7 heavy (non-hydrogen) atoms. The third kappa shape index (κ3) is 2.79. The molecule has 0 aliphatic carbocycles. The average Bonchev–Trinajstić information content (AvgIpc) is 1.72. The lowest BCUT2D eigenvalue weighted by atomic mass is 10.4. The van der Waals surface area contributed by atoms with E-state index in [1.54, 1.807) is 0 Å². The van der Waals surface area contributed by atoms with Gasteiger partial charge in [0.15, 0.2) is 9.76 Å². The summed E-state index contributed by atoms with van der Waals surface area (Å²) in [7, 11) is 0.00849. The molecule has 3 heteroatoms. The summed E-state index contributed by atoms with van der Waals surface area (Å²) in [4.78, 5) is 0. The summed E-state index contributed by atoms with van der Waals surface area (Å²) < 4.78 is 5.21. The Bertz CT molecular complexity index is 27.2. The number of hydrogen-bond donors (Lipinski definition) is 1. The zero-order valence-electron chi connectivity index (χ0n) is 4.65. The Balaban J connectivity index is 0.000000360. The lowest BCUT2D eigenvalue weighted by Gasteiger charge is -2.07. The summed E-state index contributed by atoms with van der Waals surface area (Å²) in [6.45, 7) is 1.06. The van der Waals surface area contributed by atoms with Gasteiger partial charge in [-0.2, -0.15) is 0 Å². The molecule has 1 fully saturated rings. The Morgan fingerprint density at radius 2 is 2.14 bits per heavy atom. The van der Waals surface area contributed by atoms with Crippen molar-refractivity contribution < 1.29 is 4.43 Å². The van der Waals surface area contributed by atoms with Crippen molar-refractivity contribution >= 4 is 9.76 Å². The predicted octanol–water partition coefficient (Wildman–Crippen LogP) is 0.461. The van der Waals surface area contributed by atoms with Gasteiger partial charge in [0.1, 0.15) is 0 Å². The normalized spacial score (nSPS) is 24.0. The minimum Gasteiger partial charge on any atom is -0.424 e. The first-order valence-electron chi connectivity index (χ1n) is 2.58. The van der Waals surface area contributed by atoms with Gasteiger partial charge in [-0.05, 0) is 12.5 Å². The van der Waals surface area contributed by atoms with Crippen molar-refractivity contribution in [3.63, 3.8) is 0 Å². The van der Waals surface area contributed by atoms with Crippen LogP contribution in [0.4, 0.5) is 0 Å². The van der Waals surface area contributed by atoms with Gasteiger partial charge in [0.05, 0.1) is 0 Å². The molecule has 0 aromatic rings. The van der Waals surface area contributed by atoms with Crippen LogP contribution in [-0.2, 0) is 4.43 Å². The molecule has 1 rings (SSSR count). The lowest BCUT2D eigenvalue weighted by Crippen LogP contribution is -2.06. The molecule has 2 nitrogen and oxygen atoms in total. The second kappa shape index (κ2) is 4.30. The first-order valence-corrected chi connectivity index (χ1v) is 4.15. The molecule has 0 radical (unpaired) electrons. The fourth-order valence-corrected chi connectivity index (χ4v) is 1.86. The first-order chi connectivity index (χ1) is 3.00. The quantitative estimate of drug-likeness (QED) is 0.471. The van der Waals surface area contributed by atoms with Crippen LogP contribution in [0.1, 0.15) is 12.8 Å². The van der Waals surface area contributed by atoms with Crippen LogP contribution in [0.3, 0.4) is 0 Å². The van der Waals surface area contributed by atoms with Gasteiger partial charge in [-0.3, -0.25) is 0 Å². The zero-order valence-corrected chi connectivity index (χ0v) is 6.07. The van der Waals surface area contributed by atoms with Gasteiger partial charge >= 0.3 is 0 Å². The van der Waals surface area contributed by atoms with Crippen LogP contribution in [0.25, 0.3) is 0 Å². The molecule has 0 amide bonds. The SMILES string of the molecule is C1CC[SiH2]OC1.N. The standard InChI is InChI=1S/C4H10OSi.H3N/c1-2-4-6-5-3-1;/h1-4,6H2;1H3. The molecule has 1 aliphatic rings. The number of hydrogen-bond acceptors (Lipinski definition) is 2. The van der Waals surface area contributed by atoms with Gasteiger partial charge in [-0.15, -0.1) is 0 Å². The Morgan fingerprint density at radius 3 is 2.29 bits per heavy atom. The Morgan fingerprint density at radius 1 is 1.29 bits per heavy atom. The highest BCUT2D eigenvalue weighted by molar-refractivity contribution is 6.27. The van der Waals surface area contributed by atoms with E-state index in [4.69, 9.17) is 4.43 Å². The molecule has 0 atom stereocenters. The van der Waals surface area contributed by atoms with Gasteiger partial charge in [0.25, 0.3) is 0 Å². The third-order valence-corrected chi connectivity index (χ3v) is 2.44. The van der Waals surface area contributed by atoms with Crippen molar-refractivity contribution in [3.8, 4) is 0 Å². The molecule has 1 aliphatic heterocycles. The Labute approximate surface area is 46.8 Å². The van der Waals surface area contributed by atoms with E-state index in [0.29, 0.717) is 0 Å². The molecule has 44 valence electrons. The minimum atomic E-state index is 0. The van der Waals surface area contributed by atoms with Crippen molar-refractivity contribution in [1.82, 2.24) is 6.15 Å². The summed E-state index contributed by atoms with van der Waals surface area (Å²) in [5, 5.41) is 0. The van der Waals surface area contributed by atoms with Gasteiger partial charge < -0.3 is 10.6 Å². The first kappa shape index (κ1) is 7.14. The molecule has 0 unspecified atom stereocenters. The van der Waals surface area contributed by atoms with Crippen molar-refractivity contribution in [2.45, 2.75) is 18.9 Å². The summed E-state index contributed by atoms with van der Waals surface area (Å²) >= 11 is 0. The molecule has 0 saturated carbocycles. The smallest absolute Gasteiger partial charge is 0.161 e. The molecular weight excluding hydrogens is 106 g/mol. The summed E-state index contributed by atoms with van der Waals surface area (Å²) in [5.41, 5.74) is 0. The molecule has 0 aromatic carbocycles. The highest BCUT2D eigenvalue weighted by Crippen LogP contribution is 2.01. The zero-order chi connectivity index (χ0) is 4.24. The molecule has 0 bridgehead atoms. The third-order valence-electron chi connectivity index (χ3n) is 1.08.